The quantitative estimate of drug-likeness (QED) is 0.665. The minimum absolute atomic E-state index is 0.322. The highest BCUT2D eigenvalue weighted by Crippen LogP contribution is 2.44. The van der Waals surface area contributed by atoms with E-state index in [1.54, 1.807) is 13.8 Å². The van der Waals surface area contributed by atoms with Crippen molar-refractivity contribution in [3.8, 4) is 0 Å². The number of aliphatic hydroxyl groups is 1. The summed E-state index contributed by atoms with van der Waals surface area (Å²) in [6, 6.07) is 0. The molecule has 0 aromatic rings. The zero-order valence-electron chi connectivity index (χ0n) is 8.59. The summed E-state index contributed by atoms with van der Waals surface area (Å²) in [5, 5.41) is 10.2. The van der Waals surface area contributed by atoms with Crippen molar-refractivity contribution >= 4 is 5.97 Å². The van der Waals surface area contributed by atoms with Crippen molar-refractivity contribution in [1.29, 1.82) is 0 Å². The first-order valence-electron chi connectivity index (χ1n) is 4.75. The molecule has 3 nitrogen and oxygen atoms in total. The normalized spacial score (nSPS) is 21.5. The molecule has 0 spiro atoms. The van der Waals surface area contributed by atoms with Crippen LogP contribution in [0.15, 0.2) is 0 Å². The molecule has 1 rings (SSSR count). The lowest BCUT2D eigenvalue weighted by atomic mass is 9.73. The molecule has 0 amide bonds. The monoisotopic (exact) mass is 186 g/mol. The highest BCUT2D eigenvalue weighted by Gasteiger charge is 2.50. The molecule has 0 aromatic carbocycles. The molecular formula is C10H18O3. The molecule has 1 saturated carbocycles. The van der Waals surface area contributed by atoms with Gasteiger partial charge in [-0.2, -0.15) is 0 Å². The van der Waals surface area contributed by atoms with E-state index < -0.39 is 11.0 Å². The van der Waals surface area contributed by atoms with Crippen molar-refractivity contribution < 1.29 is 14.6 Å². The van der Waals surface area contributed by atoms with Crippen molar-refractivity contribution in [1.82, 2.24) is 0 Å². The molecule has 76 valence electrons. The van der Waals surface area contributed by atoms with Crippen molar-refractivity contribution in [3.63, 3.8) is 0 Å². The predicted octanol–water partition coefficient (Wildman–Crippen LogP) is 1.49. The van der Waals surface area contributed by atoms with E-state index in [1.807, 2.05) is 0 Å². The van der Waals surface area contributed by atoms with Crippen LogP contribution < -0.4 is 0 Å². The lowest BCUT2D eigenvalue weighted by molar-refractivity contribution is -0.167. The van der Waals surface area contributed by atoms with Gasteiger partial charge in [-0.15, -0.1) is 0 Å². The molecule has 1 N–H and O–H groups in total. The van der Waals surface area contributed by atoms with Gasteiger partial charge in [-0.3, -0.25) is 4.79 Å². The Morgan fingerprint density at radius 1 is 1.38 bits per heavy atom. The standard InChI is InChI=1S/C10H18O3/c1-9(2,8(11)13-3)10(12)6-4-5-7-10/h12H,4-7H2,1-3H3. The predicted molar refractivity (Wildman–Crippen MR) is 49.2 cm³/mol. The molecule has 0 heterocycles. The molecule has 0 aliphatic heterocycles. The van der Waals surface area contributed by atoms with Gasteiger partial charge in [0.25, 0.3) is 0 Å². The number of rotatable bonds is 2. The van der Waals surface area contributed by atoms with Crippen LogP contribution in [0.2, 0.25) is 0 Å². The fraction of sp³-hybridized carbons (Fsp3) is 0.900. The Kier molecular flexibility index (Phi) is 2.66. The number of carbonyl (C=O) groups excluding carboxylic acids is 1. The van der Waals surface area contributed by atoms with Crippen molar-refractivity contribution in [2.24, 2.45) is 5.41 Å². The molecule has 1 fully saturated rings. The van der Waals surface area contributed by atoms with Crippen LogP contribution in [-0.2, 0) is 9.53 Å². The summed E-state index contributed by atoms with van der Waals surface area (Å²) >= 11 is 0. The molecule has 13 heavy (non-hydrogen) atoms. The second kappa shape index (κ2) is 3.29. The largest absolute Gasteiger partial charge is 0.469 e. The molecule has 1 aliphatic rings. The van der Waals surface area contributed by atoms with Crippen LogP contribution >= 0.6 is 0 Å². The topological polar surface area (TPSA) is 46.5 Å². The van der Waals surface area contributed by atoms with Gasteiger partial charge < -0.3 is 9.84 Å². The average Bonchev–Trinajstić information content (AvgIpc) is 2.52. The van der Waals surface area contributed by atoms with Gasteiger partial charge in [-0.05, 0) is 26.7 Å². The Hall–Kier alpha value is -0.570. The Labute approximate surface area is 79.1 Å². The summed E-state index contributed by atoms with van der Waals surface area (Å²) in [4.78, 5) is 11.4. The third-order valence-corrected chi connectivity index (χ3v) is 3.29. The number of esters is 1. The molecule has 0 aromatic heterocycles. The van der Waals surface area contributed by atoms with Crippen molar-refractivity contribution in [2.45, 2.75) is 45.1 Å². The van der Waals surface area contributed by atoms with Crippen LogP contribution in [-0.4, -0.2) is 23.8 Å². The second-order valence-corrected chi connectivity index (χ2v) is 4.36. The first kappa shape index (κ1) is 10.5. The van der Waals surface area contributed by atoms with Crippen molar-refractivity contribution in [3.05, 3.63) is 0 Å². The van der Waals surface area contributed by atoms with E-state index in [4.69, 9.17) is 4.74 Å². The third kappa shape index (κ3) is 1.57. The fourth-order valence-electron chi connectivity index (χ4n) is 2.03. The van der Waals surface area contributed by atoms with Gasteiger partial charge in [0, 0.05) is 0 Å². The van der Waals surface area contributed by atoms with E-state index in [1.165, 1.54) is 7.11 Å². The summed E-state index contributed by atoms with van der Waals surface area (Å²) in [6.07, 6.45) is 3.40. The van der Waals surface area contributed by atoms with Crippen LogP contribution in [0.25, 0.3) is 0 Å². The third-order valence-electron chi connectivity index (χ3n) is 3.29. The highest BCUT2D eigenvalue weighted by atomic mass is 16.5. The highest BCUT2D eigenvalue weighted by molar-refractivity contribution is 5.77. The Morgan fingerprint density at radius 3 is 2.23 bits per heavy atom. The number of hydrogen-bond acceptors (Lipinski definition) is 3. The van der Waals surface area contributed by atoms with Gasteiger partial charge in [0.1, 0.15) is 0 Å². The van der Waals surface area contributed by atoms with Gasteiger partial charge in [0.2, 0.25) is 0 Å². The summed E-state index contributed by atoms with van der Waals surface area (Å²) in [5.41, 5.74) is -1.64. The fourth-order valence-corrected chi connectivity index (χ4v) is 2.03. The molecule has 0 radical (unpaired) electrons. The zero-order valence-corrected chi connectivity index (χ0v) is 8.59. The molecule has 0 atom stereocenters. The smallest absolute Gasteiger partial charge is 0.314 e. The lowest BCUT2D eigenvalue weighted by Gasteiger charge is -2.37. The van der Waals surface area contributed by atoms with Gasteiger partial charge in [0.15, 0.2) is 0 Å². The van der Waals surface area contributed by atoms with Crippen LogP contribution in [0.4, 0.5) is 0 Å². The van der Waals surface area contributed by atoms with E-state index >= 15 is 0 Å². The average molecular weight is 186 g/mol. The number of ether oxygens (including phenoxy) is 1. The number of methoxy groups -OCH3 is 1. The van der Waals surface area contributed by atoms with Crippen LogP contribution in [0, 0.1) is 5.41 Å². The molecule has 3 heteroatoms. The Morgan fingerprint density at radius 2 is 1.85 bits per heavy atom. The maximum absolute atomic E-state index is 11.4. The summed E-state index contributed by atoms with van der Waals surface area (Å²) in [5.74, 6) is -0.322. The van der Waals surface area contributed by atoms with E-state index in [-0.39, 0.29) is 5.97 Å². The Bertz CT molecular complexity index is 202. The van der Waals surface area contributed by atoms with E-state index in [9.17, 15) is 9.90 Å². The van der Waals surface area contributed by atoms with Crippen LogP contribution in [0.5, 0.6) is 0 Å². The zero-order chi connectivity index (χ0) is 10.1. The van der Waals surface area contributed by atoms with Gasteiger partial charge in [-0.1, -0.05) is 12.8 Å². The first-order chi connectivity index (χ1) is 5.94. The van der Waals surface area contributed by atoms with E-state index in [0.29, 0.717) is 12.8 Å². The summed E-state index contributed by atoms with van der Waals surface area (Å²) in [7, 11) is 1.36. The molecule has 0 unspecified atom stereocenters. The minimum atomic E-state index is -0.861. The second-order valence-electron chi connectivity index (χ2n) is 4.36. The first-order valence-corrected chi connectivity index (χ1v) is 4.75. The van der Waals surface area contributed by atoms with E-state index in [0.717, 1.165) is 12.8 Å². The SMILES string of the molecule is COC(=O)C(C)(C)C1(O)CCCC1. The summed E-state index contributed by atoms with van der Waals surface area (Å²) < 4.78 is 4.69. The summed E-state index contributed by atoms with van der Waals surface area (Å²) in [6.45, 7) is 3.51. The minimum Gasteiger partial charge on any atom is -0.469 e. The van der Waals surface area contributed by atoms with E-state index in [2.05, 4.69) is 0 Å². The van der Waals surface area contributed by atoms with Crippen LogP contribution in [0.1, 0.15) is 39.5 Å². The maximum Gasteiger partial charge on any atom is 0.314 e. The molecule has 1 aliphatic carbocycles. The molecular weight excluding hydrogens is 168 g/mol. The van der Waals surface area contributed by atoms with Gasteiger partial charge in [-0.25, -0.2) is 0 Å². The molecule has 0 bridgehead atoms. The maximum atomic E-state index is 11.4. The van der Waals surface area contributed by atoms with Crippen LogP contribution in [0.3, 0.4) is 0 Å². The molecule has 0 saturated heterocycles. The van der Waals surface area contributed by atoms with Gasteiger partial charge >= 0.3 is 5.97 Å². The van der Waals surface area contributed by atoms with Crippen molar-refractivity contribution in [2.75, 3.05) is 7.11 Å². The lowest BCUT2D eigenvalue weighted by Crippen LogP contribution is -2.48. The Balaban J connectivity index is 2.83. The number of hydrogen-bond donors (Lipinski definition) is 1. The number of carbonyl (C=O) groups is 1. The van der Waals surface area contributed by atoms with Gasteiger partial charge in [0.05, 0.1) is 18.1 Å².